The second-order valence-corrected chi connectivity index (χ2v) is 5.61. The molecule has 0 saturated heterocycles. The van der Waals surface area contributed by atoms with Crippen molar-refractivity contribution < 1.29 is 9.18 Å². The number of thiol groups is 1. The summed E-state index contributed by atoms with van der Waals surface area (Å²) < 4.78 is 12.9. The minimum Gasteiger partial charge on any atom is -0.349 e. The standard InChI is InChI=1S/C17H18FNOS/c1-12(14-7-9-15(18)10-8-14)19-17(20)16(21)11-13-5-3-2-4-6-13/h2-10,12,16,21H,11H2,1H3,(H,19,20). The fourth-order valence-electron chi connectivity index (χ4n) is 2.07. The van der Waals surface area contributed by atoms with Gasteiger partial charge in [-0.1, -0.05) is 42.5 Å². The van der Waals surface area contributed by atoms with Crippen LogP contribution in [0.25, 0.3) is 0 Å². The van der Waals surface area contributed by atoms with Crippen molar-refractivity contribution in [3.8, 4) is 0 Å². The Morgan fingerprint density at radius 2 is 1.76 bits per heavy atom. The third-order valence-corrected chi connectivity index (χ3v) is 3.72. The van der Waals surface area contributed by atoms with Gasteiger partial charge in [0.25, 0.3) is 0 Å². The van der Waals surface area contributed by atoms with Crippen molar-refractivity contribution in [1.29, 1.82) is 0 Å². The largest absolute Gasteiger partial charge is 0.349 e. The molecule has 0 fully saturated rings. The molecular weight excluding hydrogens is 285 g/mol. The van der Waals surface area contributed by atoms with Crippen LogP contribution in [0.4, 0.5) is 4.39 Å². The van der Waals surface area contributed by atoms with E-state index in [9.17, 15) is 9.18 Å². The Labute approximate surface area is 129 Å². The van der Waals surface area contributed by atoms with Gasteiger partial charge in [0.05, 0.1) is 11.3 Å². The van der Waals surface area contributed by atoms with E-state index in [1.165, 1.54) is 12.1 Å². The van der Waals surface area contributed by atoms with Crippen LogP contribution < -0.4 is 5.32 Å². The quantitative estimate of drug-likeness (QED) is 0.813. The van der Waals surface area contributed by atoms with Gasteiger partial charge in [-0.3, -0.25) is 4.79 Å². The number of hydrogen-bond donors (Lipinski definition) is 2. The van der Waals surface area contributed by atoms with Crippen molar-refractivity contribution in [2.45, 2.75) is 24.6 Å². The van der Waals surface area contributed by atoms with Gasteiger partial charge in [-0.05, 0) is 36.6 Å². The van der Waals surface area contributed by atoms with Gasteiger partial charge >= 0.3 is 0 Å². The normalized spacial score (nSPS) is 13.5. The Morgan fingerprint density at radius 1 is 1.14 bits per heavy atom. The van der Waals surface area contributed by atoms with Crippen LogP contribution in [0.2, 0.25) is 0 Å². The van der Waals surface area contributed by atoms with Gasteiger partial charge in [-0.2, -0.15) is 12.6 Å². The summed E-state index contributed by atoms with van der Waals surface area (Å²) in [6.07, 6.45) is 0.575. The molecule has 1 amide bonds. The Bertz CT molecular complexity index is 585. The maximum Gasteiger partial charge on any atom is 0.233 e. The summed E-state index contributed by atoms with van der Waals surface area (Å²) in [5.74, 6) is -0.410. The van der Waals surface area contributed by atoms with Gasteiger partial charge < -0.3 is 5.32 Å². The summed E-state index contributed by atoms with van der Waals surface area (Å²) in [6.45, 7) is 1.87. The number of nitrogens with one attached hydrogen (secondary N) is 1. The zero-order valence-corrected chi connectivity index (χ0v) is 12.7. The molecule has 0 aromatic heterocycles. The van der Waals surface area contributed by atoms with Crippen molar-refractivity contribution in [3.63, 3.8) is 0 Å². The Balaban J connectivity index is 1.92. The topological polar surface area (TPSA) is 29.1 Å². The van der Waals surface area contributed by atoms with E-state index in [-0.39, 0.29) is 17.8 Å². The maximum atomic E-state index is 12.9. The fraction of sp³-hybridized carbons (Fsp3) is 0.235. The lowest BCUT2D eigenvalue weighted by Crippen LogP contribution is -2.34. The van der Waals surface area contributed by atoms with Gasteiger partial charge in [0.2, 0.25) is 5.91 Å². The Kier molecular flexibility index (Phi) is 5.39. The predicted octanol–water partition coefficient (Wildman–Crippen LogP) is 3.54. The number of benzene rings is 2. The van der Waals surface area contributed by atoms with Crippen LogP contribution in [-0.2, 0) is 11.2 Å². The lowest BCUT2D eigenvalue weighted by atomic mass is 10.1. The Hall–Kier alpha value is -1.81. The molecule has 2 unspecified atom stereocenters. The molecule has 0 heterocycles. The number of rotatable bonds is 5. The molecular formula is C17H18FNOS. The molecule has 0 saturated carbocycles. The molecule has 2 aromatic carbocycles. The maximum absolute atomic E-state index is 12.9. The molecule has 1 N–H and O–H groups in total. The fourth-order valence-corrected chi connectivity index (χ4v) is 2.36. The minimum atomic E-state index is -0.407. The van der Waals surface area contributed by atoms with E-state index in [4.69, 9.17) is 0 Å². The number of halogens is 1. The molecule has 0 aliphatic heterocycles. The van der Waals surface area contributed by atoms with Crippen LogP contribution in [0, 0.1) is 5.82 Å². The third-order valence-electron chi connectivity index (χ3n) is 3.30. The highest BCUT2D eigenvalue weighted by Gasteiger charge is 2.17. The van der Waals surface area contributed by atoms with E-state index in [0.717, 1.165) is 11.1 Å². The smallest absolute Gasteiger partial charge is 0.233 e. The van der Waals surface area contributed by atoms with E-state index in [2.05, 4.69) is 17.9 Å². The average Bonchev–Trinajstić information content (AvgIpc) is 2.48. The highest BCUT2D eigenvalue weighted by atomic mass is 32.1. The lowest BCUT2D eigenvalue weighted by molar-refractivity contribution is -0.121. The first-order valence-electron chi connectivity index (χ1n) is 6.84. The number of carbonyl (C=O) groups is 1. The molecule has 0 bridgehead atoms. The second kappa shape index (κ2) is 7.27. The van der Waals surface area contributed by atoms with E-state index in [0.29, 0.717) is 6.42 Å². The van der Waals surface area contributed by atoms with E-state index in [1.807, 2.05) is 37.3 Å². The summed E-state index contributed by atoms with van der Waals surface area (Å²) in [6, 6.07) is 15.7. The lowest BCUT2D eigenvalue weighted by Gasteiger charge is -2.17. The molecule has 0 aliphatic rings. The van der Waals surface area contributed by atoms with Crippen LogP contribution in [0.1, 0.15) is 24.1 Å². The number of hydrogen-bond acceptors (Lipinski definition) is 2. The molecule has 4 heteroatoms. The van der Waals surface area contributed by atoms with Crippen molar-refractivity contribution in [2.24, 2.45) is 0 Å². The molecule has 2 aromatic rings. The van der Waals surface area contributed by atoms with Crippen molar-refractivity contribution >= 4 is 18.5 Å². The van der Waals surface area contributed by atoms with Gasteiger partial charge in [0.1, 0.15) is 5.82 Å². The van der Waals surface area contributed by atoms with Gasteiger partial charge in [-0.25, -0.2) is 4.39 Å². The minimum absolute atomic E-state index is 0.126. The van der Waals surface area contributed by atoms with Gasteiger partial charge in [0.15, 0.2) is 0 Å². The number of amides is 1. The summed E-state index contributed by atoms with van der Waals surface area (Å²) >= 11 is 4.37. The highest BCUT2D eigenvalue weighted by Crippen LogP contribution is 2.14. The first kappa shape index (κ1) is 15.6. The predicted molar refractivity (Wildman–Crippen MR) is 85.9 cm³/mol. The number of carbonyl (C=O) groups excluding carboxylic acids is 1. The van der Waals surface area contributed by atoms with Crippen molar-refractivity contribution in [3.05, 3.63) is 71.5 Å². The van der Waals surface area contributed by atoms with Crippen molar-refractivity contribution in [1.82, 2.24) is 5.32 Å². The van der Waals surface area contributed by atoms with Crippen LogP contribution in [0.15, 0.2) is 54.6 Å². The summed E-state index contributed by atoms with van der Waals surface area (Å²) in [5.41, 5.74) is 1.94. The van der Waals surface area contributed by atoms with Crippen LogP contribution in [-0.4, -0.2) is 11.2 Å². The van der Waals surface area contributed by atoms with Gasteiger partial charge in [-0.15, -0.1) is 0 Å². The van der Waals surface area contributed by atoms with E-state index in [1.54, 1.807) is 12.1 Å². The molecule has 110 valence electrons. The molecule has 2 atom stereocenters. The first-order valence-corrected chi connectivity index (χ1v) is 7.35. The molecule has 0 spiro atoms. The second-order valence-electron chi connectivity index (χ2n) is 4.99. The van der Waals surface area contributed by atoms with Crippen molar-refractivity contribution in [2.75, 3.05) is 0 Å². The summed E-state index contributed by atoms with van der Waals surface area (Å²) in [4.78, 5) is 12.1. The monoisotopic (exact) mass is 303 g/mol. The van der Waals surface area contributed by atoms with Crippen LogP contribution >= 0.6 is 12.6 Å². The van der Waals surface area contributed by atoms with E-state index < -0.39 is 5.25 Å². The van der Waals surface area contributed by atoms with Crippen LogP contribution in [0.5, 0.6) is 0 Å². The Morgan fingerprint density at radius 3 is 2.38 bits per heavy atom. The molecule has 2 rings (SSSR count). The third kappa shape index (κ3) is 4.60. The zero-order chi connectivity index (χ0) is 15.2. The summed E-state index contributed by atoms with van der Waals surface area (Å²) in [7, 11) is 0. The first-order chi connectivity index (χ1) is 10.1. The SMILES string of the molecule is CC(NC(=O)C(S)Cc1ccccc1)c1ccc(F)cc1. The molecule has 21 heavy (non-hydrogen) atoms. The molecule has 0 radical (unpaired) electrons. The average molecular weight is 303 g/mol. The summed E-state index contributed by atoms with van der Waals surface area (Å²) in [5, 5.41) is 2.49. The highest BCUT2D eigenvalue weighted by molar-refractivity contribution is 7.81. The van der Waals surface area contributed by atoms with E-state index >= 15 is 0 Å². The zero-order valence-electron chi connectivity index (χ0n) is 11.8. The van der Waals surface area contributed by atoms with Gasteiger partial charge in [0, 0.05) is 0 Å². The molecule has 0 aliphatic carbocycles. The molecule has 2 nitrogen and oxygen atoms in total. The van der Waals surface area contributed by atoms with Crippen LogP contribution in [0.3, 0.4) is 0 Å².